The van der Waals surface area contributed by atoms with E-state index >= 15 is 0 Å². The molecule has 0 bridgehead atoms. The van der Waals surface area contributed by atoms with Crippen molar-refractivity contribution in [1.29, 1.82) is 0 Å². The quantitative estimate of drug-likeness (QED) is 0.788. The SMILES string of the molecule is Cc1ccc(C(=O)C(C)N2CCCN(C)C(=O)C2)cc1. The van der Waals surface area contributed by atoms with E-state index in [1.165, 1.54) is 0 Å². The van der Waals surface area contributed by atoms with E-state index in [4.69, 9.17) is 0 Å². The Morgan fingerprint density at radius 1 is 1.20 bits per heavy atom. The molecule has 20 heavy (non-hydrogen) atoms. The third-order valence-electron chi connectivity index (χ3n) is 3.97. The Balaban J connectivity index is 2.09. The van der Waals surface area contributed by atoms with Crippen molar-refractivity contribution in [3.8, 4) is 0 Å². The normalized spacial score (nSPS) is 18.8. The van der Waals surface area contributed by atoms with Gasteiger partial charge in [0.1, 0.15) is 0 Å². The van der Waals surface area contributed by atoms with Crippen LogP contribution in [0.15, 0.2) is 24.3 Å². The number of hydrogen-bond acceptors (Lipinski definition) is 3. The second-order valence-electron chi connectivity index (χ2n) is 5.55. The fourth-order valence-electron chi connectivity index (χ4n) is 2.46. The first kappa shape index (κ1) is 14.7. The number of nitrogens with zero attached hydrogens (tertiary/aromatic N) is 2. The predicted molar refractivity (Wildman–Crippen MR) is 78.8 cm³/mol. The molecule has 108 valence electrons. The molecule has 4 nitrogen and oxygen atoms in total. The van der Waals surface area contributed by atoms with E-state index in [0.29, 0.717) is 12.1 Å². The van der Waals surface area contributed by atoms with E-state index in [-0.39, 0.29) is 17.7 Å². The van der Waals surface area contributed by atoms with Gasteiger partial charge >= 0.3 is 0 Å². The zero-order chi connectivity index (χ0) is 14.7. The van der Waals surface area contributed by atoms with Crippen LogP contribution in [-0.4, -0.2) is 54.2 Å². The summed E-state index contributed by atoms with van der Waals surface area (Å²) in [5.74, 6) is 0.174. The third kappa shape index (κ3) is 3.25. The molecular weight excluding hydrogens is 252 g/mol. The summed E-state index contributed by atoms with van der Waals surface area (Å²) < 4.78 is 0. The highest BCUT2D eigenvalue weighted by Crippen LogP contribution is 2.13. The summed E-state index contributed by atoms with van der Waals surface area (Å²) in [6, 6.07) is 7.36. The first-order valence-corrected chi connectivity index (χ1v) is 7.08. The first-order chi connectivity index (χ1) is 9.49. The molecular formula is C16H22N2O2. The molecule has 1 saturated heterocycles. The smallest absolute Gasteiger partial charge is 0.236 e. The number of carbonyl (C=O) groups is 2. The molecule has 1 aromatic rings. The lowest BCUT2D eigenvalue weighted by Gasteiger charge is -2.25. The second kappa shape index (κ2) is 6.18. The van der Waals surface area contributed by atoms with Crippen molar-refractivity contribution in [2.45, 2.75) is 26.3 Å². The van der Waals surface area contributed by atoms with Crippen molar-refractivity contribution in [3.05, 3.63) is 35.4 Å². The summed E-state index contributed by atoms with van der Waals surface area (Å²) >= 11 is 0. The zero-order valence-electron chi connectivity index (χ0n) is 12.4. The summed E-state index contributed by atoms with van der Waals surface area (Å²) in [5.41, 5.74) is 1.86. The molecule has 0 aliphatic carbocycles. The molecule has 1 fully saturated rings. The molecule has 0 aromatic heterocycles. The predicted octanol–water partition coefficient (Wildman–Crippen LogP) is 1.73. The number of ketones is 1. The molecule has 4 heteroatoms. The molecule has 1 aliphatic rings. The topological polar surface area (TPSA) is 40.6 Å². The Hall–Kier alpha value is -1.68. The maximum Gasteiger partial charge on any atom is 0.236 e. The lowest BCUT2D eigenvalue weighted by molar-refractivity contribution is -0.130. The van der Waals surface area contributed by atoms with E-state index in [1.807, 2.05) is 50.1 Å². The van der Waals surface area contributed by atoms with Gasteiger partial charge in [-0.15, -0.1) is 0 Å². The Bertz CT molecular complexity index is 496. The first-order valence-electron chi connectivity index (χ1n) is 7.08. The van der Waals surface area contributed by atoms with Crippen LogP contribution in [0.3, 0.4) is 0 Å². The number of amides is 1. The van der Waals surface area contributed by atoms with Gasteiger partial charge in [0.2, 0.25) is 5.91 Å². The molecule has 0 radical (unpaired) electrons. The summed E-state index contributed by atoms with van der Waals surface area (Å²) in [7, 11) is 1.82. The Labute approximate surface area is 120 Å². The molecule has 1 unspecified atom stereocenters. The molecule has 1 aliphatic heterocycles. The number of carbonyl (C=O) groups excluding carboxylic acids is 2. The van der Waals surface area contributed by atoms with Gasteiger partial charge in [-0.3, -0.25) is 14.5 Å². The lowest BCUT2D eigenvalue weighted by Crippen LogP contribution is -2.43. The van der Waals surface area contributed by atoms with Crippen LogP contribution in [0.25, 0.3) is 0 Å². The minimum absolute atomic E-state index is 0.0855. The largest absolute Gasteiger partial charge is 0.345 e. The molecule has 1 amide bonds. The minimum atomic E-state index is -0.256. The highest BCUT2D eigenvalue weighted by Gasteiger charge is 2.27. The standard InChI is InChI=1S/C16H22N2O2/c1-12-5-7-14(8-6-12)16(20)13(2)18-10-4-9-17(3)15(19)11-18/h5-8,13H,4,9-11H2,1-3H3. The van der Waals surface area contributed by atoms with Gasteiger partial charge in [-0.05, 0) is 20.3 Å². The number of likely N-dealkylation sites (N-methyl/N-ethyl adjacent to an activating group) is 1. The van der Waals surface area contributed by atoms with E-state index in [2.05, 4.69) is 0 Å². The zero-order valence-corrected chi connectivity index (χ0v) is 12.4. The maximum absolute atomic E-state index is 12.5. The average molecular weight is 274 g/mol. The fourth-order valence-corrected chi connectivity index (χ4v) is 2.46. The van der Waals surface area contributed by atoms with Crippen LogP contribution < -0.4 is 0 Å². The van der Waals surface area contributed by atoms with E-state index in [0.717, 1.165) is 25.1 Å². The Morgan fingerprint density at radius 3 is 2.50 bits per heavy atom. The Morgan fingerprint density at radius 2 is 1.85 bits per heavy atom. The summed E-state index contributed by atoms with van der Waals surface area (Å²) in [5, 5.41) is 0. The van der Waals surface area contributed by atoms with Gasteiger partial charge in [0, 0.05) is 25.7 Å². The van der Waals surface area contributed by atoms with Crippen LogP contribution in [-0.2, 0) is 4.79 Å². The van der Waals surface area contributed by atoms with Gasteiger partial charge in [0.25, 0.3) is 0 Å². The second-order valence-corrected chi connectivity index (χ2v) is 5.55. The molecule has 1 atom stereocenters. The average Bonchev–Trinajstić information content (AvgIpc) is 2.60. The number of aryl methyl sites for hydroxylation is 1. The summed E-state index contributed by atoms with van der Waals surface area (Å²) in [6.45, 7) is 5.77. The molecule has 1 heterocycles. The highest BCUT2D eigenvalue weighted by molar-refractivity contribution is 6.00. The van der Waals surface area contributed by atoms with Crippen molar-refractivity contribution in [2.24, 2.45) is 0 Å². The van der Waals surface area contributed by atoms with Crippen LogP contribution in [0.5, 0.6) is 0 Å². The van der Waals surface area contributed by atoms with Crippen molar-refractivity contribution >= 4 is 11.7 Å². The van der Waals surface area contributed by atoms with E-state index in [9.17, 15) is 9.59 Å². The Kier molecular flexibility index (Phi) is 4.55. The van der Waals surface area contributed by atoms with Gasteiger partial charge in [-0.2, -0.15) is 0 Å². The third-order valence-corrected chi connectivity index (χ3v) is 3.97. The number of benzene rings is 1. The summed E-state index contributed by atoms with van der Waals surface area (Å²) in [6.07, 6.45) is 0.910. The highest BCUT2D eigenvalue weighted by atomic mass is 16.2. The van der Waals surface area contributed by atoms with Crippen molar-refractivity contribution in [2.75, 3.05) is 26.7 Å². The number of Topliss-reactive ketones (excluding diaryl/α,β-unsaturated/α-hetero) is 1. The molecule has 2 rings (SSSR count). The van der Waals surface area contributed by atoms with E-state index < -0.39 is 0 Å². The van der Waals surface area contributed by atoms with Crippen molar-refractivity contribution < 1.29 is 9.59 Å². The maximum atomic E-state index is 12.5. The van der Waals surface area contributed by atoms with Gasteiger partial charge in [0.05, 0.1) is 12.6 Å². The van der Waals surface area contributed by atoms with E-state index in [1.54, 1.807) is 4.90 Å². The van der Waals surface area contributed by atoms with Crippen LogP contribution in [0.1, 0.15) is 29.3 Å². The summed E-state index contributed by atoms with van der Waals surface area (Å²) in [4.78, 5) is 28.1. The van der Waals surface area contributed by atoms with Crippen LogP contribution in [0, 0.1) is 6.92 Å². The van der Waals surface area contributed by atoms with Crippen molar-refractivity contribution in [1.82, 2.24) is 9.80 Å². The molecule has 0 N–H and O–H groups in total. The van der Waals surface area contributed by atoms with Gasteiger partial charge in [-0.1, -0.05) is 29.8 Å². The number of rotatable bonds is 3. The van der Waals surface area contributed by atoms with Crippen molar-refractivity contribution in [3.63, 3.8) is 0 Å². The lowest BCUT2D eigenvalue weighted by atomic mass is 10.0. The molecule has 0 spiro atoms. The number of hydrogen-bond donors (Lipinski definition) is 0. The van der Waals surface area contributed by atoms with Gasteiger partial charge < -0.3 is 4.90 Å². The monoisotopic (exact) mass is 274 g/mol. The molecule has 0 saturated carbocycles. The van der Waals surface area contributed by atoms with Gasteiger partial charge in [0.15, 0.2) is 5.78 Å². The van der Waals surface area contributed by atoms with Crippen LogP contribution >= 0.6 is 0 Å². The fraction of sp³-hybridized carbons (Fsp3) is 0.500. The van der Waals surface area contributed by atoms with Crippen LogP contribution in [0.4, 0.5) is 0 Å². The van der Waals surface area contributed by atoms with Crippen LogP contribution in [0.2, 0.25) is 0 Å². The minimum Gasteiger partial charge on any atom is -0.345 e. The van der Waals surface area contributed by atoms with Gasteiger partial charge in [-0.25, -0.2) is 0 Å². The molecule has 1 aromatic carbocycles.